The lowest BCUT2D eigenvalue weighted by Crippen LogP contribution is -2.48. The Morgan fingerprint density at radius 3 is 2.53 bits per heavy atom. The Bertz CT molecular complexity index is 2400. The highest BCUT2D eigenvalue weighted by molar-refractivity contribution is 6.08. The van der Waals surface area contributed by atoms with Gasteiger partial charge in [0.05, 0.1) is 72.6 Å². The molecule has 17 nitrogen and oxygen atoms in total. The minimum atomic E-state index is -2.84. The third kappa shape index (κ3) is 9.07. The van der Waals surface area contributed by atoms with Gasteiger partial charge in [0.1, 0.15) is 29.6 Å². The van der Waals surface area contributed by atoms with E-state index >= 15 is 0 Å². The van der Waals surface area contributed by atoms with Crippen LogP contribution < -0.4 is 20.3 Å². The summed E-state index contributed by atoms with van der Waals surface area (Å²) in [7, 11) is 0. The second-order valence-electron chi connectivity index (χ2n) is 18.4. The summed E-state index contributed by atoms with van der Waals surface area (Å²) >= 11 is 0. The highest BCUT2D eigenvalue weighted by Gasteiger charge is 2.36. The first kappa shape index (κ1) is 43.1. The van der Waals surface area contributed by atoms with E-state index in [4.69, 9.17) is 19.3 Å². The normalized spacial score (nSPS) is 27.3. The molecule has 2 aliphatic carbocycles. The fraction of sp³-hybridized carbons (Fsp3) is 0.622. The number of hydrogen-bond acceptors (Lipinski definition) is 13. The molecule has 3 atom stereocenters. The molecule has 64 heavy (non-hydrogen) atoms. The number of carbonyl (C=O) groups is 1. The van der Waals surface area contributed by atoms with E-state index in [9.17, 15) is 23.8 Å². The first-order valence-corrected chi connectivity index (χ1v) is 23.1. The van der Waals surface area contributed by atoms with Crippen molar-refractivity contribution in [2.75, 3.05) is 62.8 Å². The smallest absolute Gasteiger partial charge is 0.284 e. The van der Waals surface area contributed by atoms with Crippen LogP contribution in [-0.4, -0.2) is 132 Å². The molecule has 19 heteroatoms. The number of amides is 1. The number of ether oxygens (including phenoxy) is 3. The molecule has 4 N–H and O–H groups in total. The molecule has 3 saturated heterocycles. The van der Waals surface area contributed by atoms with E-state index in [-0.39, 0.29) is 35.5 Å². The third-order valence-electron chi connectivity index (χ3n) is 14.1. The predicted octanol–water partition coefficient (Wildman–Crippen LogP) is 5.24. The molecule has 1 aromatic carbocycles. The van der Waals surface area contributed by atoms with Crippen molar-refractivity contribution in [3.63, 3.8) is 0 Å². The largest absolute Gasteiger partial charge is 0.493 e. The van der Waals surface area contributed by atoms with Crippen LogP contribution in [0.25, 0.3) is 16.6 Å². The van der Waals surface area contributed by atoms with Crippen LogP contribution in [0.3, 0.4) is 0 Å². The molecule has 0 bridgehead atoms. The molecule has 5 fully saturated rings. The Balaban J connectivity index is 0.656. The molecule has 0 spiro atoms. The standard InChI is InChI=1S/C45H59F2N11O6/c1-27-40-35(58(52-27)36-9-10-39(59)51-45(36)61)3-2-4-37(40)63-26-29-21-32(22-29)64-31-11-14-54(15-12-31)24-28-5-7-30(8-6-28)57-25-34(41(53-57)42(46)47)49-44(60)33-23-48-56-16-13-38(50-43(33)56)55-17-19-62-20-18-55/h2-4,13,16,23,25,28-32,36,39,42,45,51,59,61H,5-12,14-15,17-22,24,26H2,1H3,(H,49,60)/t28?,29?,30?,32?,36-,39-,45-/m1/s1. The van der Waals surface area contributed by atoms with Crippen molar-refractivity contribution >= 4 is 34.0 Å². The number of aliphatic hydroxyl groups excluding tert-OH is 2. The molecular formula is C45H59F2N11O6. The number of aromatic nitrogens is 7. The summed E-state index contributed by atoms with van der Waals surface area (Å²) in [6.45, 7) is 8.18. The number of alkyl halides is 2. The van der Waals surface area contributed by atoms with Crippen molar-refractivity contribution in [3.05, 3.63) is 59.8 Å². The molecule has 0 radical (unpaired) electrons. The van der Waals surface area contributed by atoms with Crippen LogP contribution in [0.1, 0.15) is 104 Å². The number of nitrogens with one attached hydrogen (secondary N) is 2. The molecule has 5 aromatic rings. The number of nitrogens with zero attached hydrogens (tertiary/aromatic N) is 9. The van der Waals surface area contributed by atoms with Gasteiger partial charge in [0.2, 0.25) is 0 Å². The van der Waals surface area contributed by atoms with E-state index in [1.165, 1.54) is 10.7 Å². The molecule has 10 rings (SSSR count). The van der Waals surface area contributed by atoms with Crippen molar-refractivity contribution in [1.82, 2.24) is 44.4 Å². The zero-order valence-electron chi connectivity index (χ0n) is 36.3. The number of morpholine rings is 1. The van der Waals surface area contributed by atoms with Gasteiger partial charge in [0.25, 0.3) is 12.3 Å². The van der Waals surface area contributed by atoms with Crippen LogP contribution in [0, 0.1) is 18.8 Å². The van der Waals surface area contributed by atoms with Crippen LogP contribution in [0.2, 0.25) is 0 Å². The molecule has 2 saturated carbocycles. The van der Waals surface area contributed by atoms with Gasteiger partial charge < -0.3 is 39.5 Å². The first-order valence-electron chi connectivity index (χ1n) is 23.1. The number of benzene rings is 1. The number of fused-ring (bicyclic) bond motifs is 2. The van der Waals surface area contributed by atoms with Gasteiger partial charge in [-0.05, 0) is 101 Å². The highest BCUT2D eigenvalue weighted by Crippen LogP contribution is 2.38. The fourth-order valence-electron chi connectivity index (χ4n) is 10.5. The van der Waals surface area contributed by atoms with Gasteiger partial charge in [0, 0.05) is 45.1 Å². The van der Waals surface area contributed by atoms with E-state index in [2.05, 4.69) is 35.6 Å². The summed E-state index contributed by atoms with van der Waals surface area (Å²) in [4.78, 5) is 22.8. The zero-order valence-corrected chi connectivity index (χ0v) is 36.3. The number of carbonyl (C=O) groups excluding carboxylic acids is 1. The van der Waals surface area contributed by atoms with Crippen LogP contribution in [0.15, 0.2) is 42.9 Å². The Morgan fingerprint density at radius 1 is 0.969 bits per heavy atom. The Labute approximate surface area is 370 Å². The summed E-state index contributed by atoms with van der Waals surface area (Å²) in [5.41, 5.74) is 1.89. The lowest BCUT2D eigenvalue weighted by atomic mass is 9.82. The summed E-state index contributed by atoms with van der Waals surface area (Å²) in [5.74, 6) is 1.91. The quantitative estimate of drug-likeness (QED) is 0.121. The Hall–Kier alpha value is -4.79. The van der Waals surface area contributed by atoms with Gasteiger partial charge in [-0.1, -0.05) is 6.07 Å². The average Bonchev–Trinajstić information content (AvgIpc) is 4.01. The van der Waals surface area contributed by atoms with Gasteiger partial charge in [-0.2, -0.15) is 15.3 Å². The van der Waals surface area contributed by atoms with E-state index in [1.807, 2.05) is 35.9 Å². The van der Waals surface area contributed by atoms with Gasteiger partial charge in [0.15, 0.2) is 11.3 Å². The van der Waals surface area contributed by atoms with Crippen LogP contribution in [-0.2, 0) is 9.47 Å². The fourth-order valence-corrected chi connectivity index (χ4v) is 10.5. The minimum absolute atomic E-state index is 0.00757. The van der Waals surface area contributed by atoms with Gasteiger partial charge >= 0.3 is 0 Å². The topological polar surface area (TPSA) is 182 Å². The minimum Gasteiger partial charge on any atom is -0.493 e. The molecular weight excluding hydrogens is 829 g/mol. The van der Waals surface area contributed by atoms with Gasteiger partial charge in [-0.15, -0.1) is 0 Å². The third-order valence-corrected chi connectivity index (χ3v) is 14.1. The number of aliphatic hydroxyl groups is 2. The van der Waals surface area contributed by atoms with E-state index in [1.54, 1.807) is 17.1 Å². The van der Waals surface area contributed by atoms with E-state index in [0.29, 0.717) is 69.1 Å². The number of halogens is 2. The summed E-state index contributed by atoms with van der Waals surface area (Å²) < 4.78 is 52.0. The molecule has 5 aliphatic rings. The molecule has 3 aliphatic heterocycles. The molecule has 1 amide bonds. The van der Waals surface area contributed by atoms with Crippen LogP contribution in [0.4, 0.5) is 20.3 Å². The number of likely N-dealkylation sites (tertiary alicyclic amines) is 1. The molecule has 4 aromatic heterocycles. The molecule has 0 unspecified atom stereocenters. The van der Waals surface area contributed by atoms with Gasteiger partial charge in [-0.3, -0.25) is 19.5 Å². The second-order valence-corrected chi connectivity index (χ2v) is 18.4. The first-order chi connectivity index (χ1) is 31.1. The lowest BCUT2D eigenvalue weighted by molar-refractivity contribution is -0.100. The summed E-state index contributed by atoms with van der Waals surface area (Å²) in [5, 5.41) is 40.3. The van der Waals surface area contributed by atoms with Crippen molar-refractivity contribution in [1.29, 1.82) is 0 Å². The van der Waals surface area contributed by atoms with Crippen LogP contribution >= 0.6 is 0 Å². The van der Waals surface area contributed by atoms with Crippen molar-refractivity contribution in [3.8, 4) is 5.75 Å². The maximum Gasteiger partial charge on any atom is 0.284 e. The second kappa shape index (κ2) is 18.6. The lowest BCUT2D eigenvalue weighted by Gasteiger charge is -2.41. The van der Waals surface area contributed by atoms with E-state index < -0.39 is 30.5 Å². The average molecular weight is 888 g/mol. The number of aryl methyl sites for hydroxylation is 1. The van der Waals surface area contributed by atoms with Crippen molar-refractivity contribution in [2.45, 2.75) is 114 Å². The Morgan fingerprint density at radius 2 is 1.77 bits per heavy atom. The van der Waals surface area contributed by atoms with E-state index in [0.717, 1.165) is 93.3 Å². The monoisotopic (exact) mass is 887 g/mol. The zero-order chi connectivity index (χ0) is 43.9. The summed E-state index contributed by atoms with van der Waals surface area (Å²) in [6, 6.07) is 7.52. The van der Waals surface area contributed by atoms with Crippen molar-refractivity contribution < 1.29 is 38.0 Å². The number of rotatable bonds is 13. The maximum atomic E-state index is 14.3. The predicted molar refractivity (Wildman–Crippen MR) is 233 cm³/mol. The van der Waals surface area contributed by atoms with Crippen LogP contribution in [0.5, 0.6) is 5.75 Å². The highest BCUT2D eigenvalue weighted by atomic mass is 19.3. The summed E-state index contributed by atoms with van der Waals surface area (Å²) in [6.07, 6.45) is 9.61. The molecule has 344 valence electrons. The number of piperidine rings is 2. The SMILES string of the molecule is Cc1nn([C@@H]2CC[C@@H](O)N[C@@H]2O)c2cccc(OCC3CC(OC4CCN(CC5CCC(n6cc(NC(=O)c7cnn8ccc(N9CCOCC9)nc78)c(C(F)F)n6)CC5)CC4)C3)c12. The molecule has 7 heterocycles. The maximum absolute atomic E-state index is 14.3. The van der Waals surface area contributed by atoms with Crippen molar-refractivity contribution in [2.24, 2.45) is 11.8 Å². The Kier molecular flexibility index (Phi) is 12.5. The number of hydrogen-bond donors (Lipinski definition) is 4. The number of anilines is 2. The van der Waals surface area contributed by atoms with Gasteiger partial charge in [-0.25, -0.2) is 18.3 Å².